The number of nitrogens with two attached hydrogens (primary N) is 1. The summed E-state index contributed by atoms with van der Waals surface area (Å²) in [4.78, 5) is 16.0. The Labute approximate surface area is 225 Å². The van der Waals surface area contributed by atoms with E-state index >= 15 is 0 Å². The third-order valence-electron chi connectivity index (χ3n) is 6.85. The van der Waals surface area contributed by atoms with E-state index in [1.165, 1.54) is 6.07 Å². The Kier molecular flexibility index (Phi) is 11.8. The first-order chi connectivity index (χ1) is 18.7. The maximum Gasteiger partial charge on any atom is 0.134 e. The van der Waals surface area contributed by atoms with Crippen LogP contribution in [-0.4, -0.2) is 113 Å². The summed E-state index contributed by atoms with van der Waals surface area (Å²) in [5.41, 5.74) is 6.30. The zero-order chi connectivity index (χ0) is 26.4. The van der Waals surface area contributed by atoms with Crippen LogP contribution >= 0.6 is 0 Å². The Bertz CT molecular complexity index is 948. The van der Waals surface area contributed by atoms with E-state index in [1.54, 1.807) is 18.5 Å². The maximum absolute atomic E-state index is 13.7. The first-order valence-electron chi connectivity index (χ1n) is 13.7. The molecule has 0 spiro atoms. The molecule has 2 aromatic rings. The number of piperidine rings is 1. The summed E-state index contributed by atoms with van der Waals surface area (Å²) >= 11 is 0. The van der Waals surface area contributed by atoms with Crippen molar-refractivity contribution in [2.24, 2.45) is 5.73 Å². The topological polar surface area (TPSA) is 101 Å². The quantitative estimate of drug-likeness (QED) is 0.331. The summed E-state index contributed by atoms with van der Waals surface area (Å²) < 4.78 is 30.1. The molecule has 3 heterocycles. The van der Waals surface area contributed by atoms with Gasteiger partial charge in [-0.05, 0) is 31.0 Å². The molecule has 0 saturated carbocycles. The number of anilines is 3. The number of piperazine rings is 1. The zero-order valence-electron chi connectivity index (χ0n) is 22.3. The molecule has 210 valence electrons. The minimum atomic E-state index is -0.198. The van der Waals surface area contributed by atoms with E-state index in [1.807, 2.05) is 12.1 Å². The molecule has 0 amide bonds. The Morgan fingerprint density at radius 2 is 1.66 bits per heavy atom. The molecule has 0 bridgehead atoms. The molecule has 11 heteroatoms. The molecule has 4 rings (SSSR count). The number of aromatic nitrogens is 2. The Morgan fingerprint density at radius 1 is 0.895 bits per heavy atom. The number of halogens is 1. The fourth-order valence-corrected chi connectivity index (χ4v) is 4.83. The van der Waals surface area contributed by atoms with Gasteiger partial charge in [-0.15, -0.1) is 0 Å². The first-order valence-corrected chi connectivity index (χ1v) is 13.7. The second-order valence-corrected chi connectivity index (χ2v) is 9.63. The molecule has 1 atom stereocenters. The molecule has 0 unspecified atom stereocenters. The fraction of sp³-hybridized carbons (Fsp3) is 0.630. The Morgan fingerprint density at radius 3 is 2.42 bits per heavy atom. The lowest BCUT2D eigenvalue weighted by molar-refractivity contribution is 0.0116. The van der Waals surface area contributed by atoms with Gasteiger partial charge in [0.1, 0.15) is 23.8 Å². The van der Waals surface area contributed by atoms with Crippen LogP contribution in [0.1, 0.15) is 12.8 Å². The molecule has 0 aliphatic carbocycles. The van der Waals surface area contributed by atoms with Gasteiger partial charge in [0, 0.05) is 70.2 Å². The number of rotatable bonds is 15. The van der Waals surface area contributed by atoms with Gasteiger partial charge in [-0.3, -0.25) is 4.90 Å². The third-order valence-corrected chi connectivity index (χ3v) is 6.85. The summed E-state index contributed by atoms with van der Waals surface area (Å²) in [5, 5.41) is 3.58. The summed E-state index contributed by atoms with van der Waals surface area (Å²) in [6.07, 6.45) is 3.74. The molecule has 0 radical (unpaired) electrons. The molecule has 2 fully saturated rings. The van der Waals surface area contributed by atoms with Gasteiger partial charge in [0.05, 0.1) is 39.6 Å². The van der Waals surface area contributed by atoms with E-state index in [0.717, 1.165) is 76.0 Å². The minimum absolute atomic E-state index is 0.198. The summed E-state index contributed by atoms with van der Waals surface area (Å²) in [5.74, 6) is 1.59. The monoisotopic (exact) mass is 531 g/mol. The number of nitrogens with one attached hydrogen (secondary N) is 1. The minimum Gasteiger partial charge on any atom is -0.378 e. The third kappa shape index (κ3) is 9.32. The fourth-order valence-electron chi connectivity index (χ4n) is 4.83. The van der Waals surface area contributed by atoms with Gasteiger partial charge in [-0.25, -0.2) is 14.4 Å². The lowest BCUT2D eigenvalue weighted by atomic mass is 10.0. The van der Waals surface area contributed by atoms with Crippen molar-refractivity contribution in [1.29, 1.82) is 0 Å². The number of benzene rings is 1. The average molecular weight is 532 g/mol. The SMILES string of the molecule is NCCOCCOCCOCCN1CCN(c2cc(N[C@@H]3CCCN(c4cccc(F)c4)C3)ncn2)CC1. The molecule has 38 heavy (non-hydrogen) atoms. The van der Waals surface area contributed by atoms with E-state index in [9.17, 15) is 4.39 Å². The van der Waals surface area contributed by atoms with Crippen LogP contribution in [0.4, 0.5) is 21.7 Å². The molecule has 1 aromatic carbocycles. The maximum atomic E-state index is 13.7. The standard InChI is InChI=1S/C27H42FN7O3/c28-23-3-1-5-25(19-23)35-7-2-4-24(21-35)32-26-20-27(31-22-30-26)34-10-8-33(9-11-34)12-14-37-16-18-38-17-15-36-13-6-29/h1,3,5,19-20,22,24H,2,4,6-18,21,29H2,(H,30,31,32)/t24-/m1/s1. The van der Waals surface area contributed by atoms with Crippen molar-refractivity contribution >= 4 is 17.3 Å². The highest BCUT2D eigenvalue weighted by Crippen LogP contribution is 2.23. The lowest BCUT2D eigenvalue weighted by Gasteiger charge is -2.36. The van der Waals surface area contributed by atoms with E-state index in [4.69, 9.17) is 19.9 Å². The molecule has 2 aliphatic heterocycles. The van der Waals surface area contributed by atoms with Crippen molar-refractivity contribution in [1.82, 2.24) is 14.9 Å². The lowest BCUT2D eigenvalue weighted by Crippen LogP contribution is -2.47. The molecular formula is C27H42FN7O3. The van der Waals surface area contributed by atoms with Crippen LogP contribution in [0.3, 0.4) is 0 Å². The van der Waals surface area contributed by atoms with Crippen molar-refractivity contribution in [3.8, 4) is 0 Å². The van der Waals surface area contributed by atoms with E-state index in [-0.39, 0.29) is 11.9 Å². The highest BCUT2D eigenvalue weighted by molar-refractivity contribution is 5.51. The van der Waals surface area contributed by atoms with E-state index in [2.05, 4.69) is 30.0 Å². The van der Waals surface area contributed by atoms with Crippen LogP contribution in [-0.2, 0) is 14.2 Å². The van der Waals surface area contributed by atoms with E-state index in [0.29, 0.717) is 46.2 Å². The summed E-state index contributed by atoms with van der Waals surface area (Å²) in [6.45, 7) is 10.5. The smallest absolute Gasteiger partial charge is 0.134 e. The van der Waals surface area contributed by atoms with Crippen LogP contribution in [0, 0.1) is 5.82 Å². The van der Waals surface area contributed by atoms with Crippen LogP contribution in [0.2, 0.25) is 0 Å². The summed E-state index contributed by atoms with van der Waals surface area (Å²) in [7, 11) is 0. The zero-order valence-corrected chi connectivity index (χ0v) is 22.3. The largest absolute Gasteiger partial charge is 0.378 e. The van der Waals surface area contributed by atoms with Crippen LogP contribution in [0.5, 0.6) is 0 Å². The van der Waals surface area contributed by atoms with Gasteiger partial charge in [-0.2, -0.15) is 0 Å². The number of ether oxygens (including phenoxy) is 3. The Balaban J connectivity index is 1.13. The highest BCUT2D eigenvalue weighted by Gasteiger charge is 2.22. The number of nitrogens with zero attached hydrogens (tertiary/aromatic N) is 5. The van der Waals surface area contributed by atoms with Gasteiger partial charge in [-0.1, -0.05) is 6.07 Å². The van der Waals surface area contributed by atoms with Gasteiger partial charge < -0.3 is 35.1 Å². The van der Waals surface area contributed by atoms with Crippen LogP contribution in [0.25, 0.3) is 0 Å². The summed E-state index contributed by atoms with van der Waals surface area (Å²) in [6, 6.07) is 9.12. The van der Waals surface area contributed by atoms with Gasteiger partial charge in [0.25, 0.3) is 0 Å². The van der Waals surface area contributed by atoms with Crippen molar-refractivity contribution in [2.45, 2.75) is 18.9 Å². The van der Waals surface area contributed by atoms with Crippen molar-refractivity contribution in [3.63, 3.8) is 0 Å². The number of hydrogen-bond acceptors (Lipinski definition) is 10. The average Bonchev–Trinajstić information content (AvgIpc) is 2.95. The molecule has 3 N–H and O–H groups in total. The molecule has 1 aromatic heterocycles. The molecular weight excluding hydrogens is 489 g/mol. The van der Waals surface area contributed by atoms with Crippen LogP contribution < -0.4 is 20.9 Å². The van der Waals surface area contributed by atoms with Crippen molar-refractivity contribution in [2.75, 3.05) is 107 Å². The van der Waals surface area contributed by atoms with Gasteiger partial charge >= 0.3 is 0 Å². The van der Waals surface area contributed by atoms with Crippen molar-refractivity contribution in [3.05, 3.63) is 42.5 Å². The normalized spacial score (nSPS) is 18.6. The van der Waals surface area contributed by atoms with Gasteiger partial charge in [0.2, 0.25) is 0 Å². The number of hydrogen-bond donors (Lipinski definition) is 2. The van der Waals surface area contributed by atoms with E-state index < -0.39 is 0 Å². The first kappa shape index (κ1) is 28.4. The molecule has 2 aliphatic rings. The highest BCUT2D eigenvalue weighted by atomic mass is 19.1. The second kappa shape index (κ2) is 15.7. The molecule has 2 saturated heterocycles. The Hall–Kier alpha value is -2.57. The predicted molar refractivity (Wildman–Crippen MR) is 147 cm³/mol. The van der Waals surface area contributed by atoms with Crippen LogP contribution in [0.15, 0.2) is 36.7 Å². The van der Waals surface area contributed by atoms with Crippen molar-refractivity contribution < 1.29 is 18.6 Å². The van der Waals surface area contributed by atoms with Gasteiger partial charge in [0.15, 0.2) is 0 Å². The second-order valence-electron chi connectivity index (χ2n) is 9.63. The molecule has 10 nitrogen and oxygen atoms in total. The predicted octanol–water partition coefficient (Wildman–Crippen LogP) is 1.83.